The molecule has 3 rings (SSSR count). The van der Waals surface area contributed by atoms with Gasteiger partial charge in [0.1, 0.15) is 5.75 Å². The fourth-order valence-electron chi connectivity index (χ4n) is 3.01. The Hall–Kier alpha value is -2.98. The summed E-state index contributed by atoms with van der Waals surface area (Å²) in [4.78, 5) is 27.3. The number of nitro groups is 1. The fourth-order valence-corrected chi connectivity index (χ4v) is 3.37. The van der Waals surface area contributed by atoms with Crippen molar-refractivity contribution in [2.45, 2.75) is 0 Å². The number of rotatable bonds is 5. The van der Waals surface area contributed by atoms with Gasteiger partial charge in [-0.2, -0.15) is 5.10 Å². The van der Waals surface area contributed by atoms with Crippen molar-refractivity contribution >= 4 is 39.4 Å². The lowest BCUT2D eigenvalue weighted by molar-refractivity contribution is -0.384. The third kappa shape index (κ3) is 5.09. The number of phenols is 1. The number of anilines is 1. The van der Waals surface area contributed by atoms with Gasteiger partial charge in [-0.05, 0) is 31.3 Å². The zero-order chi connectivity index (χ0) is 21.0. The maximum atomic E-state index is 12.3. The molecule has 1 amide bonds. The number of hydrogen-bond acceptors (Lipinski definition) is 7. The Morgan fingerprint density at radius 2 is 1.97 bits per heavy atom. The molecular weight excluding hydrogens is 442 g/mol. The Morgan fingerprint density at radius 1 is 1.24 bits per heavy atom. The number of hydrogen-bond donors (Lipinski definition) is 2. The van der Waals surface area contributed by atoms with Crippen molar-refractivity contribution in [1.82, 2.24) is 10.3 Å². The van der Waals surface area contributed by atoms with Crippen LogP contribution >= 0.6 is 15.9 Å². The molecule has 29 heavy (non-hydrogen) atoms. The number of nitrogens with one attached hydrogen (secondary N) is 1. The SMILES string of the molecule is CN1CCN(c2ccc([N+](=O)[O-])cc2/C=N/NC(=O)c2cc(Br)ccc2O)CC1. The van der Waals surface area contributed by atoms with E-state index in [9.17, 15) is 20.0 Å². The number of non-ortho nitro benzene ring substituents is 1. The number of amides is 1. The second kappa shape index (κ2) is 9.01. The highest BCUT2D eigenvalue weighted by atomic mass is 79.9. The van der Waals surface area contributed by atoms with Gasteiger partial charge in [-0.15, -0.1) is 0 Å². The monoisotopic (exact) mass is 461 g/mol. The summed E-state index contributed by atoms with van der Waals surface area (Å²) < 4.78 is 0.639. The fraction of sp³-hybridized carbons (Fsp3) is 0.263. The highest BCUT2D eigenvalue weighted by molar-refractivity contribution is 9.10. The molecule has 0 saturated carbocycles. The molecular formula is C19H20BrN5O4. The quantitative estimate of drug-likeness (QED) is 0.402. The summed E-state index contributed by atoms with van der Waals surface area (Å²) in [6.07, 6.45) is 1.38. The van der Waals surface area contributed by atoms with E-state index in [1.165, 1.54) is 30.5 Å². The molecule has 1 aliphatic rings. The molecule has 9 nitrogen and oxygen atoms in total. The summed E-state index contributed by atoms with van der Waals surface area (Å²) in [5, 5.41) is 24.9. The Labute approximate surface area is 175 Å². The number of piperazine rings is 1. The molecule has 2 aromatic rings. The van der Waals surface area contributed by atoms with E-state index in [0.717, 1.165) is 31.9 Å². The third-order valence-corrected chi connectivity index (χ3v) is 5.13. The topological polar surface area (TPSA) is 111 Å². The minimum absolute atomic E-state index is 0.0553. The number of halogens is 1. The van der Waals surface area contributed by atoms with Gasteiger partial charge in [0.15, 0.2) is 0 Å². The molecule has 2 aromatic carbocycles. The lowest BCUT2D eigenvalue weighted by atomic mass is 10.1. The molecule has 152 valence electrons. The highest BCUT2D eigenvalue weighted by Crippen LogP contribution is 2.25. The van der Waals surface area contributed by atoms with Gasteiger partial charge >= 0.3 is 0 Å². The summed E-state index contributed by atoms with van der Waals surface area (Å²) in [5.41, 5.74) is 3.71. The lowest BCUT2D eigenvalue weighted by Crippen LogP contribution is -2.44. The van der Waals surface area contributed by atoms with Crippen LogP contribution in [0.5, 0.6) is 5.75 Å². The molecule has 0 radical (unpaired) electrons. The van der Waals surface area contributed by atoms with Crippen LogP contribution < -0.4 is 10.3 Å². The predicted octanol–water partition coefficient (Wildman–Crippen LogP) is 2.58. The molecule has 1 saturated heterocycles. The van der Waals surface area contributed by atoms with Crippen LogP contribution in [0.15, 0.2) is 46.0 Å². The lowest BCUT2D eigenvalue weighted by Gasteiger charge is -2.34. The average molecular weight is 462 g/mol. The van der Waals surface area contributed by atoms with E-state index >= 15 is 0 Å². The molecule has 0 atom stereocenters. The van der Waals surface area contributed by atoms with Gasteiger partial charge in [0.05, 0.1) is 16.7 Å². The third-order valence-electron chi connectivity index (χ3n) is 4.64. The van der Waals surface area contributed by atoms with E-state index in [1.807, 2.05) is 7.05 Å². The standard InChI is InChI=1S/C19H20BrN5O4/c1-23-6-8-24(9-7-23)17-4-3-15(25(28)29)10-13(17)12-21-22-19(27)16-11-14(20)2-5-18(16)26/h2-5,10-12,26H,6-9H2,1H3,(H,22,27)/b21-12+. The van der Waals surface area contributed by atoms with Crippen molar-refractivity contribution in [2.24, 2.45) is 5.10 Å². The van der Waals surface area contributed by atoms with Gasteiger partial charge in [-0.25, -0.2) is 5.43 Å². The van der Waals surface area contributed by atoms with Gasteiger partial charge in [0, 0.05) is 54.0 Å². The first-order valence-electron chi connectivity index (χ1n) is 8.89. The van der Waals surface area contributed by atoms with Crippen LogP contribution in [0.25, 0.3) is 0 Å². The molecule has 0 aromatic heterocycles. The van der Waals surface area contributed by atoms with E-state index in [-0.39, 0.29) is 17.0 Å². The maximum absolute atomic E-state index is 12.3. The normalized spacial score (nSPS) is 14.9. The van der Waals surface area contributed by atoms with E-state index in [1.54, 1.807) is 12.1 Å². The van der Waals surface area contributed by atoms with Crippen molar-refractivity contribution < 1.29 is 14.8 Å². The van der Waals surface area contributed by atoms with Crippen molar-refractivity contribution in [3.8, 4) is 5.75 Å². The largest absolute Gasteiger partial charge is 0.507 e. The number of carbonyl (C=O) groups is 1. The average Bonchev–Trinajstić information content (AvgIpc) is 2.70. The molecule has 2 N–H and O–H groups in total. The number of aromatic hydroxyl groups is 1. The molecule has 1 fully saturated rings. The summed E-state index contributed by atoms with van der Waals surface area (Å²) in [6, 6.07) is 9.08. The van der Waals surface area contributed by atoms with Crippen LogP contribution in [-0.2, 0) is 0 Å². The molecule has 1 aliphatic heterocycles. The summed E-state index contributed by atoms with van der Waals surface area (Å²) in [7, 11) is 2.04. The van der Waals surface area contributed by atoms with E-state index in [0.29, 0.717) is 10.0 Å². The summed E-state index contributed by atoms with van der Waals surface area (Å²) in [6.45, 7) is 3.33. The van der Waals surface area contributed by atoms with Crippen LogP contribution in [0, 0.1) is 10.1 Å². The molecule has 0 bridgehead atoms. The van der Waals surface area contributed by atoms with Crippen molar-refractivity contribution in [2.75, 3.05) is 38.1 Å². The number of carbonyl (C=O) groups excluding carboxylic acids is 1. The van der Waals surface area contributed by atoms with Gasteiger partial charge in [0.25, 0.3) is 11.6 Å². The van der Waals surface area contributed by atoms with Crippen LogP contribution in [0.2, 0.25) is 0 Å². The van der Waals surface area contributed by atoms with Crippen molar-refractivity contribution in [1.29, 1.82) is 0 Å². The van der Waals surface area contributed by atoms with Crippen LogP contribution in [0.4, 0.5) is 11.4 Å². The van der Waals surface area contributed by atoms with Gasteiger partial charge < -0.3 is 14.9 Å². The number of likely N-dealkylation sites (N-methyl/N-ethyl adjacent to an activating group) is 1. The van der Waals surface area contributed by atoms with Crippen molar-refractivity contribution in [3.05, 3.63) is 62.1 Å². The number of phenolic OH excluding ortho intramolecular Hbond substituents is 1. The zero-order valence-corrected chi connectivity index (χ0v) is 17.3. The Balaban J connectivity index is 1.82. The first-order valence-corrected chi connectivity index (χ1v) is 9.68. The second-order valence-corrected chi connectivity index (χ2v) is 7.57. The van der Waals surface area contributed by atoms with E-state index in [4.69, 9.17) is 0 Å². The van der Waals surface area contributed by atoms with Crippen LogP contribution in [-0.4, -0.2) is 60.3 Å². The van der Waals surface area contributed by atoms with Crippen molar-refractivity contribution in [3.63, 3.8) is 0 Å². The molecule has 10 heteroatoms. The molecule has 0 spiro atoms. The number of nitrogens with zero attached hydrogens (tertiary/aromatic N) is 4. The number of hydrazone groups is 1. The number of benzene rings is 2. The predicted molar refractivity (Wildman–Crippen MR) is 114 cm³/mol. The first kappa shape index (κ1) is 20.7. The van der Waals surface area contributed by atoms with E-state index in [2.05, 4.69) is 36.3 Å². The number of nitro benzene ring substituents is 1. The summed E-state index contributed by atoms with van der Waals surface area (Å²) in [5.74, 6) is -0.763. The highest BCUT2D eigenvalue weighted by Gasteiger charge is 2.19. The summed E-state index contributed by atoms with van der Waals surface area (Å²) >= 11 is 3.25. The Morgan fingerprint density at radius 3 is 2.66 bits per heavy atom. The smallest absolute Gasteiger partial charge is 0.275 e. The van der Waals surface area contributed by atoms with Gasteiger partial charge in [-0.3, -0.25) is 14.9 Å². The van der Waals surface area contributed by atoms with Crippen LogP contribution in [0.1, 0.15) is 15.9 Å². The zero-order valence-electron chi connectivity index (χ0n) is 15.7. The van der Waals surface area contributed by atoms with Crippen LogP contribution in [0.3, 0.4) is 0 Å². The molecule has 0 aliphatic carbocycles. The molecule has 1 heterocycles. The van der Waals surface area contributed by atoms with E-state index < -0.39 is 10.8 Å². The maximum Gasteiger partial charge on any atom is 0.275 e. The minimum atomic E-state index is -0.591. The second-order valence-electron chi connectivity index (χ2n) is 6.65. The van der Waals surface area contributed by atoms with Gasteiger partial charge in [-0.1, -0.05) is 15.9 Å². The van der Waals surface area contributed by atoms with Gasteiger partial charge in [0.2, 0.25) is 0 Å². The minimum Gasteiger partial charge on any atom is -0.507 e. The Bertz CT molecular complexity index is 958. The first-order chi connectivity index (χ1) is 13.8. The molecule has 0 unspecified atom stereocenters. The Kier molecular flexibility index (Phi) is 6.45.